The van der Waals surface area contributed by atoms with Crippen LogP contribution in [-0.2, 0) is 30.8 Å². The molecule has 0 unspecified atom stereocenters. The predicted octanol–water partition coefficient (Wildman–Crippen LogP) is 1.38. The van der Waals surface area contributed by atoms with Gasteiger partial charge >= 0.3 is 0 Å². The Balaban J connectivity index is 1.56. The first-order chi connectivity index (χ1) is 10.7. The molecule has 1 aliphatic rings. The SMILES string of the molecule is CCc1nnc2n1CCN(CC(=O)N(C)Cc1ccsc1)C2. The van der Waals surface area contributed by atoms with Crippen LogP contribution in [0.25, 0.3) is 0 Å². The van der Waals surface area contributed by atoms with Gasteiger partial charge in [0, 0.05) is 33.1 Å². The summed E-state index contributed by atoms with van der Waals surface area (Å²) in [4.78, 5) is 16.3. The predicted molar refractivity (Wildman–Crippen MR) is 85.5 cm³/mol. The van der Waals surface area contributed by atoms with Gasteiger partial charge in [-0.1, -0.05) is 6.92 Å². The van der Waals surface area contributed by atoms with Crippen LogP contribution in [0, 0.1) is 0 Å². The number of aryl methyl sites for hydroxylation is 1. The molecule has 0 aliphatic carbocycles. The number of likely N-dealkylation sites (N-methyl/N-ethyl adjacent to an activating group) is 1. The zero-order valence-corrected chi connectivity index (χ0v) is 13.8. The fraction of sp³-hybridized carbons (Fsp3) is 0.533. The van der Waals surface area contributed by atoms with Crippen molar-refractivity contribution < 1.29 is 4.79 Å². The highest BCUT2D eigenvalue weighted by atomic mass is 32.1. The van der Waals surface area contributed by atoms with Gasteiger partial charge in [-0.2, -0.15) is 11.3 Å². The molecule has 0 N–H and O–H groups in total. The molecule has 0 saturated heterocycles. The van der Waals surface area contributed by atoms with Crippen LogP contribution in [0.15, 0.2) is 16.8 Å². The van der Waals surface area contributed by atoms with Crippen molar-refractivity contribution in [2.75, 3.05) is 20.1 Å². The first-order valence-electron chi connectivity index (χ1n) is 7.55. The molecule has 118 valence electrons. The Morgan fingerprint density at radius 2 is 2.27 bits per heavy atom. The summed E-state index contributed by atoms with van der Waals surface area (Å²) in [6, 6.07) is 2.06. The second-order valence-electron chi connectivity index (χ2n) is 5.63. The molecule has 1 amide bonds. The lowest BCUT2D eigenvalue weighted by Crippen LogP contribution is -2.42. The summed E-state index contributed by atoms with van der Waals surface area (Å²) in [6.07, 6.45) is 0.898. The third-order valence-electron chi connectivity index (χ3n) is 4.01. The van der Waals surface area contributed by atoms with Gasteiger partial charge in [0.25, 0.3) is 0 Å². The first-order valence-corrected chi connectivity index (χ1v) is 8.50. The van der Waals surface area contributed by atoms with E-state index < -0.39 is 0 Å². The number of amides is 1. The standard InChI is InChI=1S/C15H21N5OS/c1-3-13-16-17-14-9-19(5-6-20(13)14)10-15(21)18(2)8-12-4-7-22-11-12/h4,7,11H,3,5-6,8-10H2,1-2H3. The topological polar surface area (TPSA) is 54.3 Å². The average Bonchev–Trinajstić information content (AvgIpc) is 3.15. The van der Waals surface area contributed by atoms with E-state index in [0.29, 0.717) is 19.6 Å². The molecule has 0 saturated carbocycles. The van der Waals surface area contributed by atoms with E-state index in [-0.39, 0.29) is 5.91 Å². The van der Waals surface area contributed by atoms with Gasteiger partial charge in [0.15, 0.2) is 0 Å². The maximum atomic E-state index is 12.4. The van der Waals surface area contributed by atoms with Crippen LogP contribution in [0.4, 0.5) is 0 Å². The van der Waals surface area contributed by atoms with E-state index in [2.05, 4.69) is 38.0 Å². The third-order valence-corrected chi connectivity index (χ3v) is 4.74. The molecule has 0 aromatic carbocycles. The Kier molecular flexibility index (Phi) is 4.54. The van der Waals surface area contributed by atoms with E-state index in [0.717, 1.165) is 31.2 Å². The number of thiophene rings is 1. The lowest BCUT2D eigenvalue weighted by molar-refractivity contribution is -0.132. The number of carbonyl (C=O) groups is 1. The van der Waals surface area contributed by atoms with Crippen molar-refractivity contribution in [1.29, 1.82) is 0 Å². The van der Waals surface area contributed by atoms with Crippen LogP contribution < -0.4 is 0 Å². The Morgan fingerprint density at radius 3 is 3.00 bits per heavy atom. The number of rotatable bonds is 5. The lowest BCUT2D eigenvalue weighted by atomic mass is 10.3. The summed E-state index contributed by atoms with van der Waals surface area (Å²) in [7, 11) is 1.86. The molecule has 3 heterocycles. The van der Waals surface area contributed by atoms with E-state index in [4.69, 9.17) is 0 Å². The van der Waals surface area contributed by atoms with Crippen molar-refractivity contribution >= 4 is 17.2 Å². The summed E-state index contributed by atoms with van der Waals surface area (Å²) in [5.74, 6) is 2.15. The molecular weight excluding hydrogens is 298 g/mol. The smallest absolute Gasteiger partial charge is 0.236 e. The van der Waals surface area contributed by atoms with Crippen LogP contribution in [0.2, 0.25) is 0 Å². The number of aromatic nitrogens is 3. The third kappa shape index (κ3) is 3.20. The minimum absolute atomic E-state index is 0.148. The highest BCUT2D eigenvalue weighted by molar-refractivity contribution is 7.07. The zero-order chi connectivity index (χ0) is 15.5. The van der Waals surface area contributed by atoms with Gasteiger partial charge < -0.3 is 9.47 Å². The van der Waals surface area contributed by atoms with Crippen LogP contribution in [0.5, 0.6) is 0 Å². The summed E-state index contributed by atoms with van der Waals surface area (Å²) in [6.45, 7) is 5.64. The maximum Gasteiger partial charge on any atom is 0.236 e. The first kappa shape index (κ1) is 15.2. The summed E-state index contributed by atoms with van der Waals surface area (Å²) in [5.41, 5.74) is 1.19. The largest absolute Gasteiger partial charge is 0.340 e. The van der Waals surface area contributed by atoms with Crippen LogP contribution in [-0.4, -0.2) is 50.6 Å². The Hall–Kier alpha value is -1.73. The van der Waals surface area contributed by atoms with Crippen molar-refractivity contribution in [3.05, 3.63) is 34.0 Å². The molecule has 7 heteroatoms. The number of fused-ring (bicyclic) bond motifs is 1. The summed E-state index contributed by atoms with van der Waals surface area (Å²) >= 11 is 1.66. The van der Waals surface area contributed by atoms with E-state index in [9.17, 15) is 4.79 Å². The normalized spacial score (nSPS) is 14.8. The van der Waals surface area contributed by atoms with E-state index >= 15 is 0 Å². The molecular formula is C15H21N5OS. The molecule has 3 rings (SSSR count). The van der Waals surface area contributed by atoms with Gasteiger partial charge in [-0.25, -0.2) is 0 Å². The van der Waals surface area contributed by atoms with Crippen LogP contribution in [0.1, 0.15) is 24.1 Å². The molecule has 22 heavy (non-hydrogen) atoms. The molecule has 2 aromatic rings. The highest BCUT2D eigenvalue weighted by Gasteiger charge is 2.23. The molecule has 2 aromatic heterocycles. The molecule has 0 spiro atoms. The molecule has 0 bridgehead atoms. The monoisotopic (exact) mass is 319 g/mol. The number of hydrogen-bond donors (Lipinski definition) is 0. The van der Waals surface area contributed by atoms with E-state index in [1.807, 2.05) is 12.4 Å². The Labute approximate surface area is 134 Å². The highest BCUT2D eigenvalue weighted by Crippen LogP contribution is 2.13. The summed E-state index contributed by atoms with van der Waals surface area (Å²) < 4.78 is 2.18. The van der Waals surface area contributed by atoms with Gasteiger partial charge in [-0.15, -0.1) is 10.2 Å². The second kappa shape index (κ2) is 6.58. The molecule has 0 radical (unpaired) electrons. The average molecular weight is 319 g/mol. The second-order valence-corrected chi connectivity index (χ2v) is 6.41. The van der Waals surface area contributed by atoms with Crippen molar-refractivity contribution in [3.8, 4) is 0 Å². The van der Waals surface area contributed by atoms with Gasteiger partial charge in [0.05, 0.1) is 13.1 Å². The fourth-order valence-electron chi connectivity index (χ4n) is 2.72. The van der Waals surface area contributed by atoms with Gasteiger partial charge in [0.2, 0.25) is 5.91 Å². The van der Waals surface area contributed by atoms with Crippen molar-refractivity contribution in [2.24, 2.45) is 0 Å². The zero-order valence-electron chi connectivity index (χ0n) is 13.0. The minimum atomic E-state index is 0.148. The van der Waals surface area contributed by atoms with Gasteiger partial charge in [0.1, 0.15) is 11.6 Å². The van der Waals surface area contributed by atoms with Crippen molar-refractivity contribution in [2.45, 2.75) is 33.0 Å². The van der Waals surface area contributed by atoms with E-state index in [1.54, 1.807) is 16.2 Å². The van der Waals surface area contributed by atoms with Crippen molar-refractivity contribution in [1.82, 2.24) is 24.6 Å². The molecule has 1 aliphatic heterocycles. The molecule has 0 atom stereocenters. The van der Waals surface area contributed by atoms with Gasteiger partial charge in [-0.3, -0.25) is 9.69 Å². The summed E-state index contributed by atoms with van der Waals surface area (Å²) in [5, 5.41) is 12.6. The van der Waals surface area contributed by atoms with Crippen LogP contribution >= 0.6 is 11.3 Å². The van der Waals surface area contributed by atoms with Gasteiger partial charge in [-0.05, 0) is 22.4 Å². The van der Waals surface area contributed by atoms with E-state index in [1.165, 1.54) is 5.56 Å². The number of carbonyl (C=O) groups excluding carboxylic acids is 1. The number of nitrogens with zero attached hydrogens (tertiary/aromatic N) is 5. The van der Waals surface area contributed by atoms with Crippen LogP contribution in [0.3, 0.4) is 0 Å². The fourth-order valence-corrected chi connectivity index (χ4v) is 3.38. The minimum Gasteiger partial charge on any atom is -0.340 e. The van der Waals surface area contributed by atoms with Crippen molar-refractivity contribution in [3.63, 3.8) is 0 Å². The molecule has 0 fully saturated rings. The number of hydrogen-bond acceptors (Lipinski definition) is 5. The lowest BCUT2D eigenvalue weighted by Gasteiger charge is -2.28. The molecule has 6 nitrogen and oxygen atoms in total. The maximum absolute atomic E-state index is 12.4. The quantitative estimate of drug-likeness (QED) is 0.835. The Bertz CT molecular complexity index is 636. The Morgan fingerprint density at radius 1 is 1.41 bits per heavy atom.